The highest BCUT2D eigenvalue weighted by atomic mass is 32.2. The zero-order valence-corrected chi connectivity index (χ0v) is 17.6. The Kier molecular flexibility index (Phi) is 6.52. The fourth-order valence-corrected chi connectivity index (χ4v) is 6.80. The van der Waals surface area contributed by atoms with Gasteiger partial charge in [0.25, 0.3) is 0 Å². The highest BCUT2D eigenvalue weighted by molar-refractivity contribution is 8.15. The van der Waals surface area contributed by atoms with Crippen LogP contribution in [-0.2, 0) is 0 Å². The molecule has 0 aromatic heterocycles. The molecule has 2 saturated carbocycles. The second kappa shape index (κ2) is 8.46. The number of thioether (sulfide) groups is 1. The summed E-state index contributed by atoms with van der Waals surface area (Å²) in [5.41, 5.74) is 4.35. The highest BCUT2D eigenvalue weighted by Gasteiger charge is 2.46. The number of allylic oxidation sites excluding steroid dienone is 2. The van der Waals surface area contributed by atoms with Gasteiger partial charge in [0, 0.05) is 16.9 Å². The molecule has 25 heavy (non-hydrogen) atoms. The highest BCUT2D eigenvalue weighted by Crippen LogP contribution is 2.54. The predicted octanol–water partition coefficient (Wildman–Crippen LogP) is 7.39. The van der Waals surface area contributed by atoms with Crippen LogP contribution >= 0.6 is 11.8 Å². The van der Waals surface area contributed by atoms with Crippen LogP contribution in [0.2, 0.25) is 0 Å². The van der Waals surface area contributed by atoms with E-state index in [-0.39, 0.29) is 0 Å². The lowest BCUT2D eigenvalue weighted by molar-refractivity contribution is 0.353. The maximum Gasteiger partial charge on any atom is 0.100 e. The van der Waals surface area contributed by atoms with Crippen LogP contribution in [0.3, 0.4) is 0 Å². The first-order valence-corrected chi connectivity index (χ1v) is 11.5. The van der Waals surface area contributed by atoms with E-state index in [2.05, 4.69) is 46.0 Å². The molecule has 3 atom stereocenters. The number of aliphatic imine (C=N–C) groups is 1. The van der Waals surface area contributed by atoms with Gasteiger partial charge in [-0.1, -0.05) is 71.4 Å². The van der Waals surface area contributed by atoms with E-state index in [9.17, 15) is 0 Å². The van der Waals surface area contributed by atoms with Gasteiger partial charge >= 0.3 is 0 Å². The standard InChI is InChI=1S/C23H37NS/c1-6-19-12-13-20-22(19)21(23(25-20)24-17(5)15(2)3)16(4)14-18-10-8-7-9-11-18/h15,18-20,22H,5-14H2,1-4H3/b21-16+,24-23+. The average molecular weight is 360 g/mol. The van der Waals surface area contributed by atoms with Crippen LogP contribution in [0.4, 0.5) is 0 Å². The van der Waals surface area contributed by atoms with Crippen molar-refractivity contribution in [3.8, 4) is 0 Å². The Bertz CT molecular complexity index is 550. The molecule has 1 aliphatic heterocycles. The van der Waals surface area contributed by atoms with Crippen molar-refractivity contribution in [1.29, 1.82) is 0 Å². The van der Waals surface area contributed by atoms with Gasteiger partial charge in [0.1, 0.15) is 5.04 Å². The molecule has 1 heterocycles. The van der Waals surface area contributed by atoms with E-state index in [1.54, 1.807) is 11.1 Å². The van der Waals surface area contributed by atoms with Gasteiger partial charge < -0.3 is 0 Å². The first-order chi connectivity index (χ1) is 12.0. The molecule has 0 amide bonds. The van der Waals surface area contributed by atoms with Crippen LogP contribution in [0, 0.1) is 23.7 Å². The van der Waals surface area contributed by atoms with E-state index in [1.165, 1.54) is 62.8 Å². The maximum absolute atomic E-state index is 5.05. The number of rotatable bonds is 5. The summed E-state index contributed by atoms with van der Waals surface area (Å²) in [6.07, 6.45) is 12.6. The lowest BCUT2D eigenvalue weighted by Gasteiger charge is -2.25. The molecule has 0 radical (unpaired) electrons. The Balaban J connectivity index is 1.90. The molecule has 0 aromatic rings. The Labute approximate surface area is 159 Å². The largest absolute Gasteiger partial charge is 0.247 e. The quantitative estimate of drug-likeness (QED) is 0.498. The summed E-state index contributed by atoms with van der Waals surface area (Å²) in [4.78, 5) is 5.05. The average Bonchev–Trinajstić information content (AvgIpc) is 3.13. The molecular weight excluding hydrogens is 322 g/mol. The Morgan fingerprint density at radius 2 is 1.88 bits per heavy atom. The molecule has 3 aliphatic rings. The van der Waals surface area contributed by atoms with E-state index in [0.717, 1.165) is 28.7 Å². The summed E-state index contributed by atoms with van der Waals surface area (Å²) < 4.78 is 0. The molecule has 1 nitrogen and oxygen atoms in total. The molecule has 3 unspecified atom stereocenters. The van der Waals surface area contributed by atoms with Crippen LogP contribution in [0.25, 0.3) is 0 Å². The summed E-state index contributed by atoms with van der Waals surface area (Å²) in [6.45, 7) is 13.5. The van der Waals surface area contributed by atoms with Crippen molar-refractivity contribution in [3.05, 3.63) is 23.4 Å². The first-order valence-electron chi connectivity index (χ1n) is 10.6. The second-order valence-corrected chi connectivity index (χ2v) is 10.1. The maximum atomic E-state index is 5.05. The zero-order valence-electron chi connectivity index (χ0n) is 16.8. The Morgan fingerprint density at radius 1 is 1.16 bits per heavy atom. The first kappa shape index (κ1) is 19.3. The monoisotopic (exact) mass is 359 g/mol. The second-order valence-electron chi connectivity index (χ2n) is 8.89. The molecule has 2 heteroatoms. The van der Waals surface area contributed by atoms with Crippen molar-refractivity contribution in [1.82, 2.24) is 0 Å². The van der Waals surface area contributed by atoms with Crippen LogP contribution in [-0.4, -0.2) is 10.3 Å². The van der Waals surface area contributed by atoms with Crippen LogP contribution in [0.15, 0.2) is 28.4 Å². The van der Waals surface area contributed by atoms with Crippen LogP contribution in [0.5, 0.6) is 0 Å². The van der Waals surface area contributed by atoms with E-state index in [0.29, 0.717) is 5.92 Å². The van der Waals surface area contributed by atoms with Gasteiger partial charge in [-0.05, 0) is 49.5 Å². The normalized spacial score (nSPS) is 34.0. The summed E-state index contributed by atoms with van der Waals surface area (Å²) in [5, 5.41) is 2.11. The fraction of sp³-hybridized carbons (Fsp3) is 0.783. The van der Waals surface area contributed by atoms with Gasteiger partial charge in [-0.15, -0.1) is 11.8 Å². The minimum atomic E-state index is 0.440. The predicted molar refractivity (Wildman–Crippen MR) is 113 cm³/mol. The van der Waals surface area contributed by atoms with Crippen LogP contribution < -0.4 is 0 Å². The number of fused-ring (bicyclic) bond motifs is 1. The fourth-order valence-electron chi connectivity index (χ4n) is 5.15. The van der Waals surface area contributed by atoms with E-state index in [4.69, 9.17) is 4.99 Å². The van der Waals surface area contributed by atoms with Crippen molar-refractivity contribution in [2.75, 3.05) is 0 Å². The third kappa shape index (κ3) is 4.26. The molecule has 3 rings (SSSR count). The third-order valence-electron chi connectivity index (χ3n) is 6.77. The summed E-state index contributed by atoms with van der Waals surface area (Å²) in [5.74, 6) is 2.99. The SMILES string of the molecule is C=C(/N=C1/SC2CCC(CC)C2/C1=C(/C)CC1CCCCC1)C(C)C. The summed E-state index contributed by atoms with van der Waals surface area (Å²) in [6, 6.07) is 0. The van der Waals surface area contributed by atoms with Crippen molar-refractivity contribution >= 4 is 16.8 Å². The molecule has 0 spiro atoms. The van der Waals surface area contributed by atoms with Gasteiger partial charge in [-0.2, -0.15) is 0 Å². The number of hydrogen-bond acceptors (Lipinski definition) is 2. The van der Waals surface area contributed by atoms with Crippen LogP contribution in [0.1, 0.15) is 85.5 Å². The molecule has 0 N–H and O–H groups in total. The Hall–Kier alpha value is -0.500. The number of hydrogen-bond donors (Lipinski definition) is 0. The molecule has 0 bridgehead atoms. The van der Waals surface area contributed by atoms with Gasteiger partial charge in [-0.3, -0.25) is 0 Å². The smallest absolute Gasteiger partial charge is 0.100 e. The van der Waals surface area contributed by atoms with Gasteiger partial charge in [0.15, 0.2) is 0 Å². The van der Waals surface area contributed by atoms with Gasteiger partial charge in [-0.25, -0.2) is 4.99 Å². The third-order valence-corrected chi connectivity index (χ3v) is 8.14. The summed E-state index contributed by atoms with van der Waals surface area (Å²) in [7, 11) is 0. The van der Waals surface area contributed by atoms with Crippen molar-refractivity contribution in [2.45, 2.75) is 90.7 Å². The van der Waals surface area contributed by atoms with E-state index in [1.807, 2.05) is 0 Å². The molecule has 1 saturated heterocycles. The summed E-state index contributed by atoms with van der Waals surface area (Å²) >= 11 is 2.08. The molecule has 0 aromatic carbocycles. The van der Waals surface area contributed by atoms with Gasteiger partial charge in [0.2, 0.25) is 0 Å². The molecule has 2 aliphatic carbocycles. The van der Waals surface area contributed by atoms with Crippen molar-refractivity contribution in [2.24, 2.45) is 28.7 Å². The molecule has 140 valence electrons. The zero-order chi connectivity index (χ0) is 18.0. The lowest BCUT2D eigenvalue weighted by Crippen LogP contribution is -2.17. The number of nitrogens with zero attached hydrogens (tertiary/aromatic N) is 1. The molecule has 3 fully saturated rings. The van der Waals surface area contributed by atoms with Gasteiger partial charge in [0.05, 0.1) is 0 Å². The van der Waals surface area contributed by atoms with E-state index >= 15 is 0 Å². The minimum absolute atomic E-state index is 0.440. The topological polar surface area (TPSA) is 12.4 Å². The lowest BCUT2D eigenvalue weighted by atomic mass is 9.80. The van der Waals surface area contributed by atoms with Crippen molar-refractivity contribution in [3.63, 3.8) is 0 Å². The van der Waals surface area contributed by atoms with E-state index < -0.39 is 0 Å². The Morgan fingerprint density at radius 3 is 2.52 bits per heavy atom. The minimum Gasteiger partial charge on any atom is -0.247 e. The van der Waals surface area contributed by atoms with Crippen molar-refractivity contribution < 1.29 is 0 Å². The molecular formula is C23H37NS.